The van der Waals surface area contributed by atoms with Crippen LogP contribution in [0.4, 0.5) is 0 Å². The predicted octanol–water partition coefficient (Wildman–Crippen LogP) is 2.43. The van der Waals surface area contributed by atoms with Gasteiger partial charge in [-0.1, -0.05) is 12.1 Å². The maximum Gasteiger partial charge on any atom is 0.251 e. The van der Waals surface area contributed by atoms with Crippen LogP contribution in [0.25, 0.3) is 0 Å². The van der Waals surface area contributed by atoms with E-state index in [4.69, 9.17) is 0 Å². The minimum atomic E-state index is -0.0329. The second-order valence-corrected chi connectivity index (χ2v) is 6.60. The normalized spacial score (nSPS) is 15.5. The summed E-state index contributed by atoms with van der Waals surface area (Å²) >= 11 is 0. The molecular formula is C19H26N4O. The van der Waals surface area contributed by atoms with Gasteiger partial charge in [0.25, 0.3) is 5.91 Å². The third-order valence-corrected chi connectivity index (χ3v) is 5.07. The van der Waals surface area contributed by atoms with Gasteiger partial charge in [-0.15, -0.1) is 0 Å². The number of piperidine rings is 1. The number of nitrogens with one attached hydrogen (secondary N) is 2. The Labute approximate surface area is 143 Å². The molecule has 2 aromatic rings. The quantitative estimate of drug-likeness (QED) is 0.907. The first-order chi connectivity index (χ1) is 11.6. The summed E-state index contributed by atoms with van der Waals surface area (Å²) in [5.41, 5.74) is 5.21. The molecule has 1 aliphatic rings. The van der Waals surface area contributed by atoms with E-state index >= 15 is 0 Å². The van der Waals surface area contributed by atoms with E-state index in [1.54, 1.807) is 0 Å². The summed E-state index contributed by atoms with van der Waals surface area (Å²) in [6.45, 7) is 6.67. The van der Waals surface area contributed by atoms with Crippen molar-refractivity contribution >= 4 is 5.91 Å². The Balaban J connectivity index is 1.62. The zero-order valence-electron chi connectivity index (χ0n) is 14.7. The first kappa shape index (κ1) is 16.7. The average Bonchev–Trinajstić information content (AvgIpc) is 2.86. The number of benzene rings is 1. The van der Waals surface area contributed by atoms with Crippen LogP contribution in [0, 0.1) is 13.8 Å². The zero-order chi connectivity index (χ0) is 17.1. The van der Waals surface area contributed by atoms with Gasteiger partial charge in [-0.3, -0.25) is 9.48 Å². The fraction of sp³-hybridized carbons (Fsp3) is 0.474. The molecule has 1 aromatic heterocycles. The molecule has 1 fully saturated rings. The molecule has 1 aliphatic heterocycles. The van der Waals surface area contributed by atoms with Gasteiger partial charge in [-0.05, 0) is 63.4 Å². The first-order valence-electron chi connectivity index (χ1n) is 8.64. The van der Waals surface area contributed by atoms with E-state index in [-0.39, 0.29) is 5.91 Å². The SMILES string of the molecule is Cc1nn(C)c(C)c1CNC(=O)c1ccc(C2CCNCC2)cc1. The fourth-order valence-corrected chi connectivity index (χ4v) is 3.41. The van der Waals surface area contributed by atoms with Crippen LogP contribution in [0.15, 0.2) is 24.3 Å². The van der Waals surface area contributed by atoms with Crippen molar-refractivity contribution in [2.75, 3.05) is 13.1 Å². The van der Waals surface area contributed by atoms with Crippen molar-refractivity contribution in [3.05, 3.63) is 52.3 Å². The monoisotopic (exact) mass is 326 g/mol. The summed E-state index contributed by atoms with van der Waals surface area (Å²) in [5.74, 6) is 0.582. The Morgan fingerprint density at radius 3 is 2.50 bits per heavy atom. The molecule has 0 atom stereocenters. The molecule has 5 nitrogen and oxygen atoms in total. The van der Waals surface area contributed by atoms with Crippen molar-refractivity contribution in [1.29, 1.82) is 0 Å². The molecular weight excluding hydrogens is 300 g/mol. The highest BCUT2D eigenvalue weighted by atomic mass is 16.1. The van der Waals surface area contributed by atoms with Gasteiger partial charge in [0, 0.05) is 30.4 Å². The third kappa shape index (κ3) is 3.51. The summed E-state index contributed by atoms with van der Waals surface area (Å²) in [7, 11) is 1.92. The van der Waals surface area contributed by atoms with Gasteiger partial charge in [-0.2, -0.15) is 5.10 Å². The number of aryl methyl sites for hydroxylation is 2. The van der Waals surface area contributed by atoms with Gasteiger partial charge in [0.1, 0.15) is 0 Å². The van der Waals surface area contributed by atoms with E-state index in [9.17, 15) is 4.79 Å². The minimum absolute atomic E-state index is 0.0329. The average molecular weight is 326 g/mol. The number of rotatable bonds is 4. The van der Waals surface area contributed by atoms with Crippen molar-refractivity contribution in [3.8, 4) is 0 Å². The Hall–Kier alpha value is -2.14. The molecule has 24 heavy (non-hydrogen) atoms. The standard InChI is InChI=1S/C19H26N4O/c1-13-18(14(2)23(3)22-13)12-21-19(24)17-6-4-15(5-7-17)16-8-10-20-11-9-16/h4-7,16,20H,8-12H2,1-3H3,(H,21,24). The molecule has 128 valence electrons. The van der Waals surface area contributed by atoms with Crippen LogP contribution in [-0.2, 0) is 13.6 Å². The van der Waals surface area contributed by atoms with Gasteiger partial charge >= 0.3 is 0 Å². The lowest BCUT2D eigenvalue weighted by molar-refractivity contribution is 0.0951. The Bertz CT molecular complexity index is 712. The Morgan fingerprint density at radius 1 is 1.25 bits per heavy atom. The van der Waals surface area contributed by atoms with Crippen molar-refractivity contribution in [3.63, 3.8) is 0 Å². The van der Waals surface area contributed by atoms with Crippen molar-refractivity contribution in [2.24, 2.45) is 7.05 Å². The summed E-state index contributed by atoms with van der Waals surface area (Å²) in [5, 5.41) is 10.8. The molecule has 0 spiro atoms. The molecule has 1 saturated heterocycles. The van der Waals surface area contributed by atoms with Crippen LogP contribution in [0.3, 0.4) is 0 Å². The van der Waals surface area contributed by atoms with Crippen LogP contribution in [0.2, 0.25) is 0 Å². The molecule has 2 N–H and O–H groups in total. The van der Waals surface area contributed by atoms with Crippen LogP contribution >= 0.6 is 0 Å². The zero-order valence-corrected chi connectivity index (χ0v) is 14.7. The molecule has 0 aliphatic carbocycles. The second-order valence-electron chi connectivity index (χ2n) is 6.60. The molecule has 3 rings (SSSR count). The summed E-state index contributed by atoms with van der Waals surface area (Å²) < 4.78 is 1.85. The highest BCUT2D eigenvalue weighted by molar-refractivity contribution is 5.94. The Morgan fingerprint density at radius 2 is 1.92 bits per heavy atom. The lowest BCUT2D eigenvalue weighted by Gasteiger charge is -2.23. The molecule has 0 unspecified atom stereocenters. The first-order valence-corrected chi connectivity index (χ1v) is 8.64. The number of nitrogens with zero attached hydrogens (tertiary/aromatic N) is 2. The maximum absolute atomic E-state index is 12.4. The van der Waals surface area contributed by atoms with Gasteiger partial charge in [0.15, 0.2) is 0 Å². The highest BCUT2D eigenvalue weighted by Gasteiger charge is 2.16. The molecule has 1 aromatic carbocycles. The van der Waals surface area contributed by atoms with Crippen molar-refractivity contribution in [1.82, 2.24) is 20.4 Å². The largest absolute Gasteiger partial charge is 0.348 e. The van der Waals surface area contributed by atoms with E-state index in [0.717, 1.165) is 30.0 Å². The van der Waals surface area contributed by atoms with Crippen LogP contribution in [-0.4, -0.2) is 28.8 Å². The second kappa shape index (κ2) is 7.18. The van der Waals surface area contributed by atoms with E-state index in [2.05, 4.69) is 27.9 Å². The number of hydrogen-bond acceptors (Lipinski definition) is 3. The molecule has 0 saturated carbocycles. The molecule has 0 radical (unpaired) electrons. The Kier molecular flexibility index (Phi) is 5.00. The maximum atomic E-state index is 12.4. The van der Waals surface area contributed by atoms with E-state index < -0.39 is 0 Å². The number of hydrogen-bond donors (Lipinski definition) is 2. The van der Waals surface area contributed by atoms with Crippen LogP contribution in [0.5, 0.6) is 0 Å². The number of amides is 1. The molecule has 5 heteroatoms. The molecule has 1 amide bonds. The minimum Gasteiger partial charge on any atom is -0.348 e. The van der Waals surface area contributed by atoms with Gasteiger partial charge < -0.3 is 10.6 Å². The van der Waals surface area contributed by atoms with Gasteiger partial charge in [-0.25, -0.2) is 0 Å². The number of carbonyl (C=O) groups is 1. The summed E-state index contributed by atoms with van der Waals surface area (Å²) in [4.78, 5) is 12.4. The van der Waals surface area contributed by atoms with E-state index in [1.165, 1.54) is 18.4 Å². The topological polar surface area (TPSA) is 59.0 Å². The third-order valence-electron chi connectivity index (χ3n) is 5.07. The lowest BCUT2D eigenvalue weighted by Crippen LogP contribution is -2.26. The van der Waals surface area contributed by atoms with Crippen LogP contribution < -0.4 is 10.6 Å². The van der Waals surface area contributed by atoms with Crippen molar-refractivity contribution in [2.45, 2.75) is 39.2 Å². The van der Waals surface area contributed by atoms with E-state index in [1.807, 2.05) is 37.7 Å². The smallest absolute Gasteiger partial charge is 0.251 e. The summed E-state index contributed by atoms with van der Waals surface area (Å²) in [6.07, 6.45) is 2.34. The molecule has 0 bridgehead atoms. The van der Waals surface area contributed by atoms with Crippen LogP contribution in [0.1, 0.15) is 51.6 Å². The molecule has 2 heterocycles. The van der Waals surface area contributed by atoms with Gasteiger partial charge in [0.05, 0.1) is 5.69 Å². The fourth-order valence-electron chi connectivity index (χ4n) is 3.41. The summed E-state index contributed by atoms with van der Waals surface area (Å²) in [6, 6.07) is 8.09. The number of carbonyl (C=O) groups excluding carboxylic acids is 1. The highest BCUT2D eigenvalue weighted by Crippen LogP contribution is 2.25. The van der Waals surface area contributed by atoms with Crippen molar-refractivity contribution < 1.29 is 4.79 Å². The van der Waals surface area contributed by atoms with E-state index in [0.29, 0.717) is 18.0 Å². The number of aromatic nitrogens is 2. The predicted molar refractivity (Wildman–Crippen MR) is 95.1 cm³/mol. The van der Waals surface area contributed by atoms with Gasteiger partial charge in [0.2, 0.25) is 0 Å². The lowest BCUT2D eigenvalue weighted by atomic mass is 9.90.